The number of hydrogen-bond donors (Lipinski definition) is 1. The van der Waals surface area contributed by atoms with Gasteiger partial charge >= 0.3 is 0 Å². The SMILES string of the molecule is COc1ccc(Cl)cc1CO/N=C(/N)c1ccccc1OC. The smallest absolute Gasteiger partial charge is 0.174 e. The van der Waals surface area contributed by atoms with Crippen LogP contribution >= 0.6 is 11.6 Å². The van der Waals surface area contributed by atoms with Crippen molar-refractivity contribution in [2.24, 2.45) is 10.9 Å². The second-order valence-corrected chi connectivity index (χ2v) is 4.84. The highest BCUT2D eigenvalue weighted by molar-refractivity contribution is 6.30. The van der Waals surface area contributed by atoms with Gasteiger partial charge in [-0.05, 0) is 30.3 Å². The first-order valence-corrected chi connectivity index (χ1v) is 6.94. The maximum Gasteiger partial charge on any atom is 0.174 e. The van der Waals surface area contributed by atoms with Gasteiger partial charge in [-0.25, -0.2) is 0 Å². The van der Waals surface area contributed by atoms with Crippen LogP contribution in [0.15, 0.2) is 47.6 Å². The van der Waals surface area contributed by atoms with Gasteiger partial charge < -0.3 is 20.0 Å². The van der Waals surface area contributed by atoms with Crippen molar-refractivity contribution in [1.82, 2.24) is 0 Å². The fraction of sp³-hybridized carbons (Fsp3) is 0.188. The molecule has 0 fully saturated rings. The number of nitrogens with zero attached hydrogens (tertiary/aromatic N) is 1. The quantitative estimate of drug-likeness (QED) is 0.504. The zero-order chi connectivity index (χ0) is 15.9. The largest absolute Gasteiger partial charge is 0.496 e. The molecule has 0 saturated carbocycles. The molecule has 5 nitrogen and oxygen atoms in total. The van der Waals surface area contributed by atoms with Crippen molar-refractivity contribution in [2.75, 3.05) is 14.2 Å². The third kappa shape index (κ3) is 3.83. The summed E-state index contributed by atoms with van der Waals surface area (Å²) in [5.41, 5.74) is 7.38. The van der Waals surface area contributed by atoms with E-state index in [0.29, 0.717) is 22.1 Å². The Morgan fingerprint density at radius 2 is 1.82 bits per heavy atom. The topological polar surface area (TPSA) is 66.1 Å². The summed E-state index contributed by atoms with van der Waals surface area (Å²) in [6, 6.07) is 12.6. The number of benzene rings is 2. The summed E-state index contributed by atoms with van der Waals surface area (Å²) < 4.78 is 10.5. The summed E-state index contributed by atoms with van der Waals surface area (Å²) in [5, 5.41) is 4.52. The lowest BCUT2D eigenvalue weighted by atomic mass is 10.2. The first kappa shape index (κ1) is 16.0. The van der Waals surface area contributed by atoms with Crippen LogP contribution in [0.4, 0.5) is 0 Å². The van der Waals surface area contributed by atoms with Crippen molar-refractivity contribution in [2.45, 2.75) is 6.61 Å². The second kappa shape index (κ2) is 7.56. The molecule has 116 valence electrons. The maximum absolute atomic E-state index is 5.96. The first-order chi connectivity index (χ1) is 10.7. The van der Waals surface area contributed by atoms with E-state index in [9.17, 15) is 0 Å². The molecular weight excluding hydrogens is 304 g/mol. The fourth-order valence-electron chi connectivity index (χ4n) is 1.94. The van der Waals surface area contributed by atoms with E-state index in [2.05, 4.69) is 5.16 Å². The molecule has 0 amide bonds. The molecule has 0 radical (unpaired) electrons. The molecule has 0 atom stereocenters. The molecule has 0 aliphatic carbocycles. The Morgan fingerprint density at radius 3 is 2.55 bits per heavy atom. The average Bonchev–Trinajstić information content (AvgIpc) is 2.55. The Labute approximate surface area is 134 Å². The molecule has 0 saturated heterocycles. The van der Waals surface area contributed by atoms with Crippen LogP contribution in [-0.4, -0.2) is 20.1 Å². The lowest BCUT2D eigenvalue weighted by molar-refractivity contribution is 0.128. The molecule has 22 heavy (non-hydrogen) atoms. The Hall–Kier alpha value is -2.40. The van der Waals surface area contributed by atoms with Crippen LogP contribution in [0, 0.1) is 0 Å². The number of methoxy groups -OCH3 is 2. The summed E-state index contributed by atoms with van der Waals surface area (Å²) in [5.74, 6) is 1.54. The summed E-state index contributed by atoms with van der Waals surface area (Å²) in [7, 11) is 3.16. The Morgan fingerprint density at radius 1 is 1.09 bits per heavy atom. The van der Waals surface area contributed by atoms with Crippen LogP contribution in [-0.2, 0) is 11.4 Å². The van der Waals surface area contributed by atoms with Gasteiger partial charge in [0.1, 0.15) is 18.1 Å². The van der Waals surface area contributed by atoms with E-state index in [4.69, 9.17) is 31.6 Å². The first-order valence-electron chi connectivity index (χ1n) is 6.57. The number of para-hydroxylation sites is 1. The predicted molar refractivity (Wildman–Crippen MR) is 86.5 cm³/mol. The molecule has 2 N–H and O–H groups in total. The van der Waals surface area contributed by atoms with Crippen LogP contribution in [0.1, 0.15) is 11.1 Å². The number of nitrogens with two attached hydrogens (primary N) is 1. The number of oxime groups is 1. The van der Waals surface area contributed by atoms with Gasteiger partial charge in [-0.1, -0.05) is 28.9 Å². The van der Waals surface area contributed by atoms with Crippen LogP contribution in [0.2, 0.25) is 5.02 Å². The number of rotatable bonds is 6. The van der Waals surface area contributed by atoms with Gasteiger partial charge in [-0.3, -0.25) is 0 Å². The van der Waals surface area contributed by atoms with Gasteiger partial charge in [0.15, 0.2) is 5.84 Å². The number of ether oxygens (including phenoxy) is 2. The van der Waals surface area contributed by atoms with Crippen LogP contribution < -0.4 is 15.2 Å². The van der Waals surface area contributed by atoms with Gasteiger partial charge in [0.2, 0.25) is 0 Å². The van der Waals surface area contributed by atoms with Crippen LogP contribution in [0.25, 0.3) is 0 Å². The zero-order valence-corrected chi connectivity index (χ0v) is 13.1. The Kier molecular flexibility index (Phi) is 5.49. The summed E-state index contributed by atoms with van der Waals surface area (Å²) >= 11 is 5.96. The lowest BCUT2D eigenvalue weighted by Gasteiger charge is -2.09. The van der Waals surface area contributed by atoms with E-state index in [1.807, 2.05) is 12.1 Å². The van der Waals surface area contributed by atoms with Crippen molar-refractivity contribution < 1.29 is 14.3 Å². The van der Waals surface area contributed by atoms with Gasteiger partial charge in [0.25, 0.3) is 0 Å². The van der Waals surface area contributed by atoms with Gasteiger partial charge in [0.05, 0.1) is 19.8 Å². The second-order valence-electron chi connectivity index (χ2n) is 4.41. The molecule has 0 spiro atoms. The van der Waals surface area contributed by atoms with E-state index < -0.39 is 0 Å². The molecule has 0 aromatic heterocycles. The lowest BCUT2D eigenvalue weighted by Crippen LogP contribution is -2.15. The van der Waals surface area contributed by atoms with Crippen molar-refractivity contribution in [3.05, 3.63) is 58.6 Å². The van der Waals surface area contributed by atoms with Gasteiger partial charge in [-0.15, -0.1) is 0 Å². The van der Waals surface area contributed by atoms with Crippen LogP contribution in [0.5, 0.6) is 11.5 Å². The highest BCUT2D eigenvalue weighted by Crippen LogP contribution is 2.23. The van der Waals surface area contributed by atoms with Crippen molar-refractivity contribution in [1.29, 1.82) is 0 Å². The third-order valence-corrected chi connectivity index (χ3v) is 3.24. The predicted octanol–water partition coefficient (Wildman–Crippen LogP) is 3.19. The molecule has 0 aliphatic rings. The van der Waals surface area contributed by atoms with E-state index in [0.717, 1.165) is 5.56 Å². The molecule has 2 aromatic carbocycles. The van der Waals surface area contributed by atoms with E-state index in [1.54, 1.807) is 44.6 Å². The molecule has 6 heteroatoms. The molecular formula is C16H17ClN2O3. The average molecular weight is 321 g/mol. The van der Waals surface area contributed by atoms with E-state index in [-0.39, 0.29) is 12.4 Å². The van der Waals surface area contributed by atoms with Gasteiger partial charge in [0, 0.05) is 10.6 Å². The van der Waals surface area contributed by atoms with Crippen LogP contribution in [0.3, 0.4) is 0 Å². The van der Waals surface area contributed by atoms with Crippen molar-refractivity contribution in [3.8, 4) is 11.5 Å². The fourth-order valence-corrected chi connectivity index (χ4v) is 2.13. The third-order valence-electron chi connectivity index (χ3n) is 3.01. The molecule has 0 unspecified atom stereocenters. The monoisotopic (exact) mass is 320 g/mol. The minimum Gasteiger partial charge on any atom is -0.496 e. The summed E-state index contributed by atoms with van der Waals surface area (Å²) in [6.45, 7) is 0.194. The van der Waals surface area contributed by atoms with E-state index >= 15 is 0 Å². The molecule has 0 bridgehead atoms. The maximum atomic E-state index is 5.96. The summed E-state index contributed by atoms with van der Waals surface area (Å²) in [6.07, 6.45) is 0. The number of amidine groups is 1. The highest BCUT2D eigenvalue weighted by atomic mass is 35.5. The molecule has 2 aromatic rings. The Bertz CT molecular complexity index is 674. The summed E-state index contributed by atoms with van der Waals surface area (Å²) in [4.78, 5) is 5.30. The van der Waals surface area contributed by atoms with Crippen molar-refractivity contribution in [3.63, 3.8) is 0 Å². The Balaban J connectivity index is 2.10. The molecule has 0 heterocycles. The molecule has 0 aliphatic heterocycles. The van der Waals surface area contributed by atoms with E-state index in [1.165, 1.54) is 0 Å². The minimum absolute atomic E-state index is 0.194. The number of halogens is 1. The van der Waals surface area contributed by atoms with Crippen molar-refractivity contribution >= 4 is 17.4 Å². The normalized spacial score (nSPS) is 11.1. The van der Waals surface area contributed by atoms with Gasteiger partial charge in [-0.2, -0.15) is 0 Å². The highest BCUT2D eigenvalue weighted by Gasteiger charge is 2.08. The zero-order valence-electron chi connectivity index (χ0n) is 12.4. The number of hydrogen-bond acceptors (Lipinski definition) is 4. The standard InChI is InChI=1S/C16H17ClN2O3/c1-20-14-8-7-12(17)9-11(14)10-22-19-16(18)13-5-3-4-6-15(13)21-2/h3-9H,10H2,1-2H3,(H2,18,19). The minimum atomic E-state index is 0.194. The molecule has 2 rings (SSSR count).